The fourth-order valence-corrected chi connectivity index (χ4v) is 7.30. The maximum atomic E-state index is 5.24. The van der Waals surface area contributed by atoms with Crippen LogP contribution in [0.3, 0.4) is 0 Å². The summed E-state index contributed by atoms with van der Waals surface area (Å²) in [5, 5.41) is 7.41. The summed E-state index contributed by atoms with van der Waals surface area (Å²) < 4.78 is 4.78. The molecule has 0 saturated carbocycles. The molecule has 0 N–H and O–H groups in total. The van der Waals surface area contributed by atoms with Crippen LogP contribution in [0.1, 0.15) is 0 Å². The summed E-state index contributed by atoms with van der Waals surface area (Å²) in [5.74, 6) is 1.55. The molecule has 214 valence electrons. The molecule has 0 amide bonds. The molecule has 0 unspecified atom stereocenters. The normalized spacial score (nSPS) is 11.9. The molecule has 0 aliphatic heterocycles. The van der Waals surface area contributed by atoms with Gasteiger partial charge in [-0.25, -0.2) is 9.97 Å². The number of hydrogen-bond donors (Lipinski definition) is 0. The van der Waals surface area contributed by atoms with Gasteiger partial charge in [0.1, 0.15) is 5.82 Å². The van der Waals surface area contributed by atoms with Crippen LogP contribution < -0.4 is 0 Å². The van der Waals surface area contributed by atoms with E-state index in [1.165, 1.54) is 48.9 Å². The van der Waals surface area contributed by atoms with Crippen molar-refractivity contribution >= 4 is 59.9 Å². The molecule has 4 heterocycles. The number of pyridine rings is 1. The molecule has 10 aromatic rings. The first kappa shape index (κ1) is 25.1. The molecule has 46 heavy (non-hydrogen) atoms. The van der Waals surface area contributed by atoms with Gasteiger partial charge in [0, 0.05) is 44.1 Å². The smallest absolute Gasteiger partial charge is 0.162 e. The highest BCUT2D eigenvalue weighted by Gasteiger charge is 2.21. The van der Waals surface area contributed by atoms with Crippen LogP contribution in [0, 0.1) is 0 Å². The van der Waals surface area contributed by atoms with Crippen LogP contribution in [0.2, 0.25) is 0 Å². The lowest BCUT2D eigenvalue weighted by atomic mass is 10.1. The zero-order chi connectivity index (χ0) is 30.2. The lowest BCUT2D eigenvalue weighted by Crippen LogP contribution is -2.02. The maximum absolute atomic E-state index is 5.24. The van der Waals surface area contributed by atoms with E-state index in [1.807, 2.05) is 24.3 Å². The maximum Gasteiger partial charge on any atom is 0.162 e. The largest absolute Gasteiger partial charge is 0.308 e. The molecular weight excluding hydrogens is 560 g/mol. The van der Waals surface area contributed by atoms with Gasteiger partial charge in [0.2, 0.25) is 0 Å². The van der Waals surface area contributed by atoms with Crippen LogP contribution in [-0.4, -0.2) is 18.9 Å². The molecule has 4 nitrogen and oxygen atoms in total. The molecular formula is C42H26N4. The fraction of sp³-hybridized carbons (Fsp3) is 0. The van der Waals surface area contributed by atoms with E-state index >= 15 is 0 Å². The monoisotopic (exact) mass is 586 g/mol. The highest BCUT2D eigenvalue weighted by atomic mass is 15.1. The van der Waals surface area contributed by atoms with Gasteiger partial charge in [-0.1, -0.05) is 127 Å². The second-order valence-corrected chi connectivity index (χ2v) is 11.8. The Morgan fingerprint density at radius 2 is 1.02 bits per heavy atom. The SMILES string of the molecule is c1ccc(-c2cc(-n3c4ccccc4c4c3ccc3cc5c6ccccc6c6ccccc6n5c34)nc(-c3ccccc3)n2)cc1. The zero-order valence-corrected chi connectivity index (χ0v) is 24.8. The standard InChI is InChI=1S/C42H26N4/c1-3-13-27(14-4-1)34-26-39(44-42(43-34)28-15-5-2-6-16-28)45-36-22-12-10-20-33(36)40-37(45)24-23-29-25-38-32-19-8-7-17-30(32)31-18-9-11-21-35(31)46(38)41(29)40/h1-26H. The number of para-hydroxylation sites is 2. The highest BCUT2D eigenvalue weighted by Crippen LogP contribution is 2.41. The minimum absolute atomic E-state index is 0.703. The highest BCUT2D eigenvalue weighted by molar-refractivity contribution is 6.24. The van der Waals surface area contributed by atoms with Crippen LogP contribution in [0.15, 0.2) is 158 Å². The van der Waals surface area contributed by atoms with E-state index in [-0.39, 0.29) is 0 Å². The minimum Gasteiger partial charge on any atom is -0.308 e. The van der Waals surface area contributed by atoms with Crippen molar-refractivity contribution in [3.8, 4) is 28.5 Å². The van der Waals surface area contributed by atoms with E-state index < -0.39 is 0 Å². The Morgan fingerprint density at radius 3 is 1.78 bits per heavy atom. The average Bonchev–Trinajstić information content (AvgIpc) is 3.69. The Labute approximate surface area is 264 Å². The van der Waals surface area contributed by atoms with Crippen molar-refractivity contribution in [2.75, 3.05) is 0 Å². The number of benzene rings is 6. The van der Waals surface area contributed by atoms with Crippen molar-refractivity contribution in [1.29, 1.82) is 0 Å². The summed E-state index contributed by atoms with van der Waals surface area (Å²) >= 11 is 0. The molecule has 0 atom stereocenters. The third-order valence-corrected chi connectivity index (χ3v) is 9.28. The van der Waals surface area contributed by atoms with Crippen LogP contribution in [0.4, 0.5) is 0 Å². The molecule has 0 aliphatic carbocycles. The van der Waals surface area contributed by atoms with Gasteiger partial charge in [-0.2, -0.15) is 0 Å². The third-order valence-electron chi connectivity index (χ3n) is 9.28. The van der Waals surface area contributed by atoms with E-state index in [4.69, 9.17) is 9.97 Å². The number of aromatic nitrogens is 4. The van der Waals surface area contributed by atoms with Gasteiger partial charge in [0.25, 0.3) is 0 Å². The molecule has 0 bridgehead atoms. The van der Waals surface area contributed by atoms with Crippen molar-refractivity contribution in [1.82, 2.24) is 18.9 Å². The zero-order valence-electron chi connectivity index (χ0n) is 24.8. The molecule has 0 aliphatic rings. The van der Waals surface area contributed by atoms with Gasteiger partial charge >= 0.3 is 0 Å². The number of fused-ring (bicyclic) bond motifs is 12. The molecule has 0 radical (unpaired) electrons. The van der Waals surface area contributed by atoms with Crippen LogP contribution in [0.5, 0.6) is 0 Å². The second-order valence-electron chi connectivity index (χ2n) is 11.8. The summed E-state index contributed by atoms with van der Waals surface area (Å²) in [6.07, 6.45) is 0. The van der Waals surface area contributed by atoms with Gasteiger partial charge in [-0.3, -0.25) is 4.57 Å². The summed E-state index contributed by atoms with van der Waals surface area (Å²) in [6.45, 7) is 0. The fourth-order valence-electron chi connectivity index (χ4n) is 7.30. The lowest BCUT2D eigenvalue weighted by molar-refractivity contribution is 1.05. The van der Waals surface area contributed by atoms with Crippen LogP contribution >= 0.6 is 0 Å². The molecule has 6 aromatic carbocycles. The summed E-state index contributed by atoms with van der Waals surface area (Å²) in [6, 6.07) is 55.8. The van der Waals surface area contributed by atoms with Gasteiger partial charge < -0.3 is 4.40 Å². The van der Waals surface area contributed by atoms with Crippen molar-refractivity contribution in [3.05, 3.63) is 158 Å². The van der Waals surface area contributed by atoms with E-state index in [2.05, 4.69) is 142 Å². The van der Waals surface area contributed by atoms with Crippen molar-refractivity contribution in [3.63, 3.8) is 0 Å². The summed E-state index contributed by atoms with van der Waals surface area (Å²) in [4.78, 5) is 10.3. The molecule has 0 saturated heterocycles. The first-order chi connectivity index (χ1) is 22.8. The summed E-state index contributed by atoms with van der Waals surface area (Å²) in [7, 11) is 0. The van der Waals surface area contributed by atoms with Crippen molar-refractivity contribution < 1.29 is 0 Å². The Balaban J connectivity index is 1.37. The first-order valence-corrected chi connectivity index (χ1v) is 15.6. The first-order valence-electron chi connectivity index (χ1n) is 15.6. The number of hydrogen-bond acceptors (Lipinski definition) is 2. The Bertz CT molecular complexity index is 2730. The molecule has 4 heteroatoms. The summed E-state index contributed by atoms with van der Waals surface area (Å²) in [5.41, 5.74) is 8.79. The Morgan fingerprint density at radius 1 is 0.413 bits per heavy atom. The van der Waals surface area contributed by atoms with E-state index in [9.17, 15) is 0 Å². The van der Waals surface area contributed by atoms with Crippen molar-refractivity contribution in [2.45, 2.75) is 0 Å². The van der Waals surface area contributed by atoms with E-state index in [0.717, 1.165) is 33.7 Å². The Hall–Kier alpha value is -6.26. The van der Waals surface area contributed by atoms with E-state index in [1.54, 1.807) is 0 Å². The minimum atomic E-state index is 0.703. The number of rotatable bonds is 3. The van der Waals surface area contributed by atoms with Crippen LogP contribution in [0.25, 0.3) is 88.4 Å². The molecule has 10 rings (SSSR count). The average molecular weight is 587 g/mol. The van der Waals surface area contributed by atoms with Gasteiger partial charge in [-0.05, 0) is 29.7 Å². The lowest BCUT2D eigenvalue weighted by Gasteiger charge is -2.12. The molecule has 0 spiro atoms. The molecule has 4 aromatic heterocycles. The predicted octanol–water partition coefficient (Wildman–Crippen LogP) is 10.6. The van der Waals surface area contributed by atoms with Gasteiger partial charge in [0.05, 0.1) is 33.3 Å². The van der Waals surface area contributed by atoms with Gasteiger partial charge in [0.15, 0.2) is 5.82 Å². The third kappa shape index (κ3) is 3.55. The second kappa shape index (κ2) is 9.62. The quantitative estimate of drug-likeness (QED) is 0.193. The number of nitrogens with zero attached hydrogens (tertiary/aromatic N) is 4. The predicted molar refractivity (Wildman–Crippen MR) is 191 cm³/mol. The topological polar surface area (TPSA) is 35.1 Å². The Kier molecular flexibility index (Phi) is 5.25. The molecule has 0 fully saturated rings. The van der Waals surface area contributed by atoms with Crippen molar-refractivity contribution in [2.24, 2.45) is 0 Å². The van der Waals surface area contributed by atoms with E-state index in [0.29, 0.717) is 5.82 Å². The van der Waals surface area contributed by atoms with Crippen LogP contribution in [-0.2, 0) is 0 Å². The van der Waals surface area contributed by atoms with Gasteiger partial charge in [-0.15, -0.1) is 0 Å².